The summed E-state index contributed by atoms with van der Waals surface area (Å²) in [6, 6.07) is 14.1. The number of pyridine rings is 1. The molecule has 2 aromatic heterocycles. The van der Waals surface area contributed by atoms with Gasteiger partial charge in [0, 0.05) is 25.1 Å². The number of rotatable bonds is 10. The quantitative estimate of drug-likeness (QED) is 0.313. The number of hydrogen-bond acceptors (Lipinski definition) is 10. The van der Waals surface area contributed by atoms with E-state index in [9.17, 15) is 19.2 Å². The predicted molar refractivity (Wildman–Crippen MR) is 166 cm³/mol. The average molecular weight is 623 g/mol. The average Bonchev–Trinajstić information content (AvgIpc) is 3.54. The van der Waals surface area contributed by atoms with Gasteiger partial charge in [-0.15, -0.1) is 5.06 Å². The molecule has 2 amide bonds. The predicted octanol–water partition coefficient (Wildman–Crippen LogP) is 4.93. The van der Waals surface area contributed by atoms with Gasteiger partial charge in [-0.05, 0) is 74.2 Å². The number of piperazine rings is 1. The third-order valence-electron chi connectivity index (χ3n) is 6.66. The summed E-state index contributed by atoms with van der Waals surface area (Å²) in [4.78, 5) is 63.1. The Morgan fingerprint density at radius 1 is 0.977 bits per heavy atom. The lowest BCUT2D eigenvalue weighted by atomic mass is 10.0. The maximum Gasteiger partial charge on any atom is 0.527 e. The number of hydroxylamine groups is 2. The van der Waals surface area contributed by atoms with Crippen molar-refractivity contribution in [2.45, 2.75) is 52.2 Å². The molecule has 44 heavy (non-hydrogen) atoms. The van der Waals surface area contributed by atoms with Crippen LogP contribution in [0.25, 0.3) is 22.4 Å². The van der Waals surface area contributed by atoms with E-state index >= 15 is 0 Å². The van der Waals surface area contributed by atoms with E-state index in [2.05, 4.69) is 10.3 Å². The molecule has 1 aliphatic heterocycles. The smallest absolute Gasteiger partial charge is 0.460 e. The summed E-state index contributed by atoms with van der Waals surface area (Å²) >= 11 is 1.55. The third kappa shape index (κ3) is 9.35. The van der Waals surface area contributed by atoms with E-state index in [1.165, 1.54) is 5.06 Å². The minimum Gasteiger partial charge on any atom is -0.460 e. The molecular weight excluding hydrogens is 584 g/mol. The van der Waals surface area contributed by atoms with Crippen LogP contribution in [0.2, 0.25) is 0 Å². The molecule has 234 valence electrons. The second-order valence-electron chi connectivity index (χ2n) is 11.2. The lowest BCUT2D eigenvalue weighted by Crippen LogP contribution is -2.55. The van der Waals surface area contributed by atoms with Gasteiger partial charge in [-0.3, -0.25) is 14.4 Å². The minimum absolute atomic E-state index is 0.0365. The highest BCUT2D eigenvalue weighted by atomic mass is 32.1. The molecule has 1 atom stereocenters. The molecule has 1 N–H and O–H groups in total. The van der Waals surface area contributed by atoms with Crippen molar-refractivity contribution in [1.82, 2.24) is 20.3 Å². The maximum atomic E-state index is 13.7. The van der Waals surface area contributed by atoms with E-state index in [0.29, 0.717) is 5.69 Å². The highest BCUT2D eigenvalue weighted by Crippen LogP contribution is 2.28. The van der Waals surface area contributed by atoms with Crippen molar-refractivity contribution in [2.24, 2.45) is 0 Å². The van der Waals surface area contributed by atoms with Crippen LogP contribution < -0.4 is 5.32 Å². The minimum atomic E-state index is -1.01. The number of aromatic nitrogens is 1. The summed E-state index contributed by atoms with van der Waals surface area (Å²) < 4.78 is 10.3. The zero-order chi connectivity index (χ0) is 31.7. The largest absolute Gasteiger partial charge is 0.527 e. The van der Waals surface area contributed by atoms with Gasteiger partial charge in [-0.25, -0.2) is 9.78 Å². The summed E-state index contributed by atoms with van der Waals surface area (Å²) in [5.74, 6) is -1.36. The van der Waals surface area contributed by atoms with E-state index in [0.717, 1.165) is 16.7 Å². The lowest BCUT2D eigenvalue weighted by Gasteiger charge is -2.35. The number of hydrogen-bond donors (Lipinski definition) is 1. The second kappa shape index (κ2) is 14.9. The molecular formula is C32H38N4O7S. The third-order valence-corrected chi connectivity index (χ3v) is 7.34. The molecule has 12 heteroatoms. The summed E-state index contributed by atoms with van der Waals surface area (Å²) in [6.07, 6.45) is -0.839. The van der Waals surface area contributed by atoms with Gasteiger partial charge in [0.1, 0.15) is 17.3 Å². The molecule has 11 nitrogen and oxygen atoms in total. The molecule has 1 saturated heterocycles. The Morgan fingerprint density at radius 3 is 2.34 bits per heavy atom. The van der Waals surface area contributed by atoms with Crippen LogP contribution >= 0.6 is 11.3 Å². The van der Waals surface area contributed by atoms with E-state index in [4.69, 9.17) is 14.3 Å². The van der Waals surface area contributed by atoms with Crippen molar-refractivity contribution >= 4 is 35.3 Å². The number of nitrogens with one attached hydrogen (secondary N) is 1. The van der Waals surface area contributed by atoms with Crippen LogP contribution in [0.1, 0.15) is 51.0 Å². The summed E-state index contributed by atoms with van der Waals surface area (Å²) in [5.41, 5.74) is 2.70. The van der Waals surface area contributed by atoms with Crippen LogP contribution in [-0.4, -0.2) is 83.3 Å². The normalized spacial score (nSPS) is 14.4. The number of carbonyl (C=O) groups is 4. The van der Waals surface area contributed by atoms with Crippen molar-refractivity contribution in [3.8, 4) is 22.4 Å². The van der Waals surface area contributed by atoms with Gasteiger partial charge in [-0.1, -0.05) is 30.3 Å². The van der Waals surface area contributed by atoms with Crippen molar-refractivity contribution in [2.75, 3.05) is 32.8 Å². The maximum absolute atomic E-state index is 13.7. The van der Waals surface area contributed by atoms with E-state index < -0.39 is 29.7 Å². The van der Waals surface area contributed by atoms with Gasteiger partial charge < -0.3 is 24.5 Å². The van der Waals surface area contributed by atoms with Gasteiger partial charge in [0.15, 0.2) is 0 Å². The number of nitrogens with zero attached hydrogens (tertiary/aromatic N) is 3. The summed E-state index contributed by atoms with van der Waals surface area (Å²) in [6.45, 7) is 8.21. The van der Waals surface area contributed by atoms with Crippen molar-refractivity contribution in [1.29, 1.82) is 0 Å². The summed E-state index contributed by atoms with van der Waals surface area (Å²) in [5, 5.41) is 8.22. The molecule has 0 saturated carbocycles. The zero-order valence-electron chi connectivity index (χ0n) is 25.4. The molecule has 0 aliphatic carbocycles. The van der Waals surface area contributed by atoms with Crippen LogP contribution in [0.15, 0.2) is 59.3 Å². The number of esters is 1. The highest BCUT2D eigenvalue weighted by molar-refractivity contribution is 7.08. The van der Waals surface area contributed by atoms with Crippen LogP contribution in [0, 0.1) is 0 Å². The molecule has 4 rings (SSSR count). The van der Waals surface area contributed by atoms with Crippen LogP contribution in [0.5, 0.6) is 0 Å². The highest BCUT2D eigenvalue weighted by Gasteiger charge is 2.31. The van der Waals surface area contributed by atoms with Crippen LogP contribution in [0.3, 0.4) is 0 Å². The SMILES string of the molecule is CCOC(=O)ON1CCN(C(=O)[C@H](CCC(=O)OC(C)(C)C)NC(=O)c2cc(-c3ccsc3)cc(-c3ccccc3)n2)CC1. The zero-order valence-corrected chi connectivity index (χ0v) is 26.2. The molecule has 3 aromatic rings. The molecule has 1 fully saturated rings. The monoisotopic (exact) mass is 622 g/mol. The van der Waals surface area contributed by atoms with Gasteiger partial charge in [-0.2, -0.15) is 11.3 Å². The Bertz CT molecular complexity index is 1430. The molecule has 1 aromatic carbocycles. The topological polar surface area (TPSA) is 127 Å². The first-order valence-electron chi connectivity index (χ1n) is 14.5. The lowest BCUT2D eigenvalue weighted by molar-refractivity contribution is -0.158. The number of ether oxygens (including phenoxy) is 2. The van der Waals surface area contributed by atoms with Crippen molar-refractivity contribution in [3.63, 3.8) is 0 Å². The molecule has 0 spiro atoms. The van der Waals surface area contributed by atoms with Gasteiger partial charge >= 0.3 is 12.1 Å². The van der Waals surface area contributed by atoms with E-state index in [1.807, 2.05) is 53.2 Å². The first-order valence-corrected chi connectivity index (χ1v) is 15.5. The molecule has 0 bridgehead atoms. The van der Waals surface area contributed by atoms with Crippen LogP contribution in [-0.2, 0) is 23.9 Å². The second-order valence-corrected chi connectivity index (χ2v) is 12.0. The number of thiophene rings is 1. The number of amides is 2. The van der Waals surface area contributed by atoms with Crippen molar-refractivity contribution in [3.05, 3.63) is 65.0 Å². The first-order chi connectivity index (χ1) is 21.0. The van der Waals surface area contributed by atoms with Crippen molar-refractivity contribution < 1.29 is 33.5 Å². The van der Waals surface area contributed by atoms with Crippen LogP contribution in [0.4, 0.5) is 4.79 Å². The number of carbonyl (C=O) groups excluding carboxylic acids is 4. The van der Waals surface area contributed by atoms with Gasteiger partial charge in [0.05, 0.1) is 25.4 Å². The molecule has 3 heterocycles. The Balaban J connectivity index is 1.54. The fourth-order valence-electron chi connectivity index (χ4n) is 4.61. The Labute approximate surface area is 261 Å². The standard InChI is InChI=1S/C32H38N4O7S/c1-5-41-31(40)43-36-16-14-35(15-17-36)30(39)25(11-12-28(37)42-32(2,3)4)34-29(38)27-20-24(23-13-18-44-21-23)19-26(33-27)22-9-7-6-8-10-22/h6-10,13,18-21,25H,5,11-12,14-17H2,1-4H3,(H,34,38)/t25-/m0/s1. The fraction of sp³-hybridized carbons (Fsp3) is 0.406. The Kier molecular flexibility index (Phi) is 11.1. The first kappa shape index (κ1) is 32.6. The van der Waals surface area contributed by atoms with Gasteiger partial charge in [0.2, 0.25) is 5.91 Å². The van der Waals surface area contributed by atoms with E-state index in [1.54, 1.807) is 50.0 Å². The van der Waals surface area contributed by atoms with E-state index in [-0.39, 0.29) is 57.2 Å². The fourth-order valence-corrected chi connectivity index (χ4v) is 5.28. The van der Waals surface area contributed by atoms with Gasteiger partial charge in [0.25, 0.3) is 5.91 Å². The molecule has 0 radical (unpaired) electrons. The summed E-state index contributed by atoms with van der Waals surface area (Å²) in [7, 11) is 0. The Hall–Kier alpha value is -4.29. The Morgan fingerprint density at radius 2 is 1.70 bits per heavy atom. The number of benzene rings is 1. The molecule has 0 unspecified atom stereocenters. The molecule has 1 aliphatic rings.